The maximum atomic E-state index is 5.84. The first-order chi connectivity index (χ1) is 7.59. The number of nitrogen functional groups attached to an aromatic ring is 1. The summed E-state index contributed by atoms with van der Waals surface area (Å²) < 4.78 is 17.1. The summed E-state index contributed by atoms with van der Waals surface area (Å²) in [6, 6.07) is 1.73. The Bertz CT molecular complexity index is 407. The normalized spacial score (nSPS) is 13.2. The lowest BCUT2D eigenvalue weighted by Crippen LogP contribution is -2.06. The van der Waals surface area contributed by atoms with Gasteiger partial charge in [-0.3, -0.25) is 0 Å². The van der Waals surface area contributed by atoms with Gasteiger partial charge in [-0.1, -0.05) is 13.8 Å². The van der Waals surface area contributed by atoms with Crippen LogP contribution in [0.1, 0.15) is 13.8 Å². The van der Waals surface area contributed by atoms with Gasteiger partial charge in [-0.15, -0.1) is 0 Å². The van der Waals surface area contributed by atoms with Crippen LogP contribution in [0.25, 0.3) is 0 Å². The number of nitrogens with two attached hydrogens (primary N) is 1. The van der Waals surface area contributed by atoms with Gasteiger partial charge in [0.15, 0.2) is 11.5 Å². The summed E-state index contributed by atoms with van der Waals surface area (Å²) in [5.41, 5.74) is 6.42. The average molecular weight is 288 g/mol. The molecule has 16 heavy (non-hydrogen) atoms. The molecule has 0 radical (unpaired) electrons. The molecular formula is C11H14BrNO3. The molecule has 1 aliphatic rings. The van der Waals surface area contributed by atoms with Crippen molar-refractivity contribution in [3.8, 4) is 17.2 Å². The van der Waals surface area contributed by atoms with Crippen LogP contribution < -0.4 is 19.9 Å². The van der Waals surface area contributed by atoms with Crippen molar-refractivity contribution in [2.45, 2.75) is 13.8 Å². The first-order valence-corrected chi connectivity index (χ1v) is 5.89. The van der Waals surface area contributed by atoms with E-state index in [0.29, 0.717) is 35.5 Å². The molecule has 0 aromatic heterocycles. The van der Waals surface area contributed by atoms with Crippen molar-refractivity contribution in [3.05, 3.63) is 10.5 Å². The van der Waals surface area contributed by atoms with E-state index >= 15 is 0 Å². The molecule has 5 heteroatoms. The third kappa shape index (κ3) is 2.04. The molecule has 2 N–H and O–H groups in total. The molecular weight excluding hydrogens is 274 g/mol. The summed E-state index contributed by atoms with van der Waals surface area (Å²) in [6.07, 6.45) is 0. The first-order valence-electron chi connectivity index (χ1n) is 5.10. The van der Waals surface area contributed by atoms with Crippen LogP contribution in [-0.2, 0) is 0 Å². The second kappa shape index (κ2) is 4.41. The summed E-state index contributed by atoms with van der Waals surface area (Å²) in [4.78, 5) is 0. The van der Waals surface area contributed by atoms with E-state index in [0.717, 1.165) is 4.47 Å². The van der Waals surface area contributed by atoms with Gasteiger partial charge in [0, 0.05) is 6.07 Å². The Labute approximate surface area is 103 Å². The van der Waals surface area contributed by atoms with Gasteiger partial charge in [-0.2, -0.15) is 0 Å². The van der Waals surface area contributed by atoms with Crippen LogP contribution in [0.4, 0.5) is 5.69 Å². The molecule has 0 atom stereocenters. The van der Waals surface area contributed by atoms with Crippen LogP contribution in [0.2, 0.25) is 0 Å². The molecule has 0 unspecified atom stereocenters. The third-order valence-corrected chi connectivity index (χ3v) is 2.97. The predicted molar refractivity (Wildman–Crippen MR) is 65.0 cm³/mol. The highest BCUT2D eigenvalue weighted by atomic mass is 79.9. The monoisotopic (exact) mass is 287 g/mol. The van der Waals surface area contributed by atoms with Crippen LogP contribution >= 0.6 is 15.9 Å². The van der Waals surface area contributed by atoms with Gasteiger partial charge in [-0.05, 0) is 21.8 Å². The third-order valence-electron chi connectivity index (χ3n) is 2.15. The lowest BCUT2D eigenvalue weighted by Gasteiger charge is -2.13. The van der Waals surface area contributed by atoms with E-state index in [1.54, 1.807) is 6.07 Å². The molecule has 0 spiro atoms. The lowest BCUT2D eigenvalue weighted by atomic mass is 10.2. The van der Waals surface area contributed by atoms with Crippen LogP contribution in [-0.4, -0.2) is 13.4 Å². The smallest absolute Gasteiger partial charge is 0.231 e. The SMILES string of the molecule is CC(C)COc1c(Br)c(N)cc2c1OCO2. The Balaban J connectivity index is 2.34. The minimum absolute atomic E-state index is 0.212. The summed E-state index contributed by atoms with van der Waals surface area (Å²) >= 11 is 3.40. The molecule has 0 fully saturated rings. The molecule has 4 nitrogen and oxygen atoms in total. The standard InChI is InChI=1S/C11H14BrNO3/c1-6(2)4-14-11-9(12)7(13)3-8-10(11)16-5-15-8/h3,6H,4-5,13H2,1-2H3. The zero-order chi connectivity index (χ0) is 11.7. The highest BCUT2D eigenvalue weighted by Crippen LogP contribution is 2.48. The Hall–Kier alpha value is -1.10. The number of fused-ring (bicyclic) bond motifs is 1. The van der Waals surface area contributed by atoms with Gasteiger partial charge in [0.25, 0.3) is 0 Å². The molecule has 1 heterocycles. The van der Waals surface area contributed by atoms with Crippen molar-refractivity contribution in [2.75, 3.05) is 19.1 Å². The van der Waals surface area contributed by atoms with Crippen LogP contribution in [0.5, 0.6) is 17.2 Å². The van der Waals surface area contributed by atoms with E-state index in [2.05, 4.69) is 29.8 Å². The van der Waals surface area contributed by atoms with Crippen molar-refractivity contribution in [1.82, 2.24) is 0 Å². The van der Waals surface area contributed by atoms with Crippen molar-refractivity contribution in [1.29, 1.82) is 0 Å². The molecule has 0 aliphatic carbocycles. The van der Waals surface area contributed by atoms with Gasteiger partial charge < -0.3 is 19.9 Å². The first kappa shape index (κ1) is 11.4. The maximum Gasteiger partial charge on any atom is 0.231 e. The second-order valence-corrected chi connectivity index (χ2v) is 4.84. The van der Waals surface area contributed by atoms with Gasteiger partial charge in [0.1, 0.15) is 0 Å². The lowest BCUT2D eigenvalue weighted by molar-refractivity contribution is 0.168. The molecule has 1 aromatic carbocycles. The summed E-state index contributed by atoms with van der Waals surface area (Å²) in [5, 5.41) is 0. The quantitative estimate of drug-likeness (QED) is 0.869. The molecule has 0 saturated carbocycles. The van der Waals surface area contributed by atoms with Gasteiger partial charge in [0.05, 0.1) is 16.8 Å². The Kier molecular flexibility index (Phi) is 3.14. The molecule has 1 aliphatic heterocycles. The van der Waals surface area contributed by atoms with Gasteiger partial charge in [-0.25, -0.2) is 0 Å². The second-order valence-electron chi connectivity index (χ2n) is 4.05. The highest BCUT2D eigenvalue weighted by molar-refractivity contribution is 9.10. The van der Waals surface area contributed by atoms with Gasteiger partial charge >= 0.3 is 0 Å². The van der Waals surface area contributed by atoms with Crippen molar-refractivity contribution < 1.29 is 14.2 Å². The van der Waals surface area contributed by atoms with Crippen molar-refractivity contribution in [2.24, 2.45) is 5.92 Å². The molecule has 1 aromatic rings. The van der Waals surface area contributed by atoms with E-state index in [1.165, 1.54) is 0 Å². The predicted octanol–water partition coefficient (Wildman–Crippen LogP) is 2.79. The van der Waals surface area contributed by atoms with Crippen molar-refractivity contribution in [3.63, 3.8) is 0 Å². The summed E-state index contributed by atoms with van der Waals surface area (Å²) in [6.45, 7) is 4.98. The minimum atomic E-state index is 0.212. The number of anilines is 1. The number of halogens is 1. The van der Waals surface area contributed by atoms with E-state index in [1.807, 2.05) is 0 Å². The molecule has 0 amide bonds. The Morgan fingerprint density at radius 1 is 1.50 bits per heavy atom. The topological polar surface area (TPSA) is 53.7 Å². The molecule has 0 saturated heterocycles. The molecule has 2 rings (SSSR count). The maximum absolute atomic E-state index is 5.84. The fraction of sp³-hybridized carbons (Fsp3) is 0.455. The zero-order valence-electron chi connectivity index (χ0n) is 9.25. The number of hydrogen-bond donors (Lipinski definition) is 1. The highest BCUT2D eigenvalue weighted by Gasteiger charge is 2.24. The molecule has 88 valence electrons. The van der Waals surface area contributed by atoms with Gasteiger partial charge in [0.2, 0.25) is 12.5 Å². The van der Waals surface area contributed by atoms with E-state index in [4.69, 9.17) is 19.9 Å². The summed E-state index contributed by atoms with van der Waals surface area (Å²) in [5.74, 6) is 2.33. The average Bonchev–Trinajstić information content (AvgIpc) is 2.65. The number of ether oxygens (including phenoxy) is 3. The van der Waals surface area contributed by atoms with Crippen molar-refractivity contribution >= 4 is 21.6 Å². The van der Waals surface area contributed by atoms with E-state index in [-0.39, 0.29) is 6.79 Å². The molecule has 0 bridgehead atoms. The van der Waals surface area contributed by atoms with Crippen LogP contribution in [0, 0.1) is 5.92 Å². The minimum Gasteiger partial charge on any atom is -0.488 e. The number of hydrogen-bond acceptors (Lipinski definition) is 4. The number of rotatable bonds is 3. The zero-order valence-corrected chi connectivity index (χ0v) is 10.8. The van der Waals surface area contributed by atoms with E-state index in [9.17, 15) is 0 Å². The number of benzene rings is 1. The summed E-state index contributed by atoms with van der Waals surface area (Å²) in [7, 11) is 0. The van der Waals surface area contributed by atoms with E-state index < -0.39 is 0 Å². The van der Waals surface area contributed by atoms with Crippen LogP contribution in [0.3, 0.4) is 0 Å². The largest absolute Gasteiger partial charge is 0.488 e. The fourth-order valence-electron chi connectivity index (χ4n) is 1.39. The van der Waals surface area contributed by atoms with Crippen LogP contribution in [0.15, 0.2) is 10.5 Å². The fourth-order valence-corrected chi connectivity index (χ4v) is 1.80. The Morgan fingerprint density at radius 3 is 2.94 bits per heavy atom. The Morgan fingerprint density at radius 2 is 2.25 bits per heavy atom.